The number of sulfone groups is 1. The Labute approximate surface area is 381 Å². The minimum Gasteiger partial charge on any atom is -0.395 e. The molecule has 0 unspecified atom stereocenters. The van der Waals surface area contributed by atoms with Gasteiger partial charge in [-0.2, -0.15) is 13.2 Å². The highest BCUT2D eigenvalue weighted by Crippen LogP contribution is 2.39. The summed E-state index contributed by atoms with van der Waals surface area (Å²) in [6, 6.07) is 32.2. The summed E-state index contributed by atoms with van der Waals surface area (Å²) >= 11 is 7.49. The lowest BCUT2D eigenvalue weighted by atomic mass is 9.84. The van der Waals surface area contributed by atoms with Gasteiger partial charge in [-0.15, -0.1) is 11.8 Å². The lowest BCUT2D eigenvalue weighted by Gasteiger charge is -2.36. The summed E-state index contributed by atoms with van der Waals surface area (Å²) in [5, 5.41) is 24.5. The largest absolute Gasteiger partial charge is 0.501 e. The fourth-order valence-electron chi connectivity index (χ4n) is 7.61. The van der Waals surface area contributed by atoms with Crippen LogP contribution in [0.4, 0.5) is 24.5 Å². The maximum absolute atomic E-state index is 14.1. The minimum atomic E-state index is -6.09. The highest BCUT2D eigenvalue weighted by molar-refractivity contribution is 7.99. The number of aliphatic hydroxyl groups is 2. The van der Waals surface area contributed by atoms with E-state index in [-0.39, 0.29) is 18.1 Å². The number of carbonyl (C=O) groups is 1. The van der Waals surface area contributed by atoms with Gasteiger partial charge in [0, 0.05) is 59.1 Å². The maximum atomic E-state index is 14.1. The van der Waals surface area contributed by atoms with E-state index < -0.39 is 58.9 Å². The second-order valence-corrected chi connectivity index (χ2v) is 20.5. The van der Waals surface area contributed by atoms with Crippen LogP contribution in [0.5, 0.6) is 0 Å². The highest BCUT2D eigenvalue weighted by Gasteiger charge is 2.48. The molecule has 1 amide bonds. The predicted molar refractivity (Wildman–Crippen MR) is 246 cm³/mol. The number of thioether (sulfide) groups is 1. The molecule has 1 saturated heterocycles. The number of anilines is 2. The molecule has 0 aliphatic carbocycles. The number of rotatable bonds is 19. The van der Waals surface area contributed by atoms with Crippen molar-refractivity contribution in [3.63, 3.8) is 0 Å². The molecule has 5 aromatic carbocycles. The summed E-state index contributed by atoms with van der Waals surface area (Å²) in [6.45, 7) is 4.37. The first kappa shape index (κ1) is 48.8. The van der Waals surface area contributed by atoms with Gasteiger partial charge in [-0.1, -0.05) is 73.1 Å². The number of benzene rings is 5. The Morgan fingerprint density at radius 1 is 0.891 bits per heavy atom. The third kappa shape index (κ3) is 12.2. The van der Waals surface area contributed by atoms with Crippen LogP contribution in [-0.2, 0) is 19.9 Å². The summed E-state index contributed by atoms with van der Waals surface area (Å²) in [6.07, 6.45) is 0.981. The van der Waals surface area contributed by atoms with E-state index in [0.717, 1.165) is 39.4 Å². The molecule has 342 valence electrons. The molecule has 1 heterocycles. The molecule has 0 radical (unpaired) electrons. The van der Waals surface area contributed by atoms with E-state index in [1.165, 1.54) is 23.9 Å². The van der Waals surface area contributed by atoms with Crippen LogP contribution in [0.1, 0.15) is 48.2 Å². The van der Waals surface area contributed by atoms with Crippen molar-refractivity contribution in [1.82, 2.24) is 9.62 Å². The summed E-state index contributed by atoms with van der Waals surface area (Å²) < 4.78 is 97.4. The summed E-state index contributed by atoms with van der Waals surface area (Å²) in [5.41, 5.74) is -2.83. The normalized spacial score (nSPS) is 14.9. The summed E-state index contributed by atoms with van der Waals surface area (Å²) in [7, 11) is -11.0. The van der Waals surface area contributed by atoms with Gasteiger partial charge in [0.15, 0.2) is 0 Å². The van der Waals surface area contributed by atoms with Crippen molar-refractivity contribution in [1.29, 1.82) is 0 Å². The molecule has 0 spiro atoms. The predicted octanol–water partition coefficient (Wildman–Crippen LogP) is 8.65. The van der Waals surface area contributed by atoms with E-state index in [2.05, 4.69) is 10.2 Å². The summed E-state index contributed by atoms with van der Waals surface area (Å²) in [5.74, 6) is -0.786. The van der Waals surface area contributed by atoms with E-state index in [0.29, 0.717) is 68.8 Å². The van der Waals surface area contributed by atoms with Gasteiger partial charge in [0.05, 0.1) is 23.3 Å². The lowest BCUT2D eigenvalue weighted by Crippen LogP contribution is -2.36. The number of amides is 1. The van der Waals surface area contributed by atoms with Crippen LogP contribution in [0.2, 0.25) is 5.02 Å². The van der Waals surface area contributed by atoms with Crippen molar-refractivity contribution in [2.45, 2.75) is 58.5 Å². The van der Waals surface area contributed by atoms with Gasteiger partial charge in [0.1, 0.15) is 4.90 Å². The molecule has 2 atom stereocenters. The van der Waals surface area contributed by atoms with E-state index >= 15 is 0 Å². The van der Waals surface area contributed by atoms with Crippen LogP contribution >= 0.6 is 23.4 Å². The molecule has 18 heteroatoms. The van der Waals surface area contributed by atoms with Crippen molar-refractivity contribution in [2.75, 3.05) is 55.3 Å². The number of nitrogens with one attached hydrogen (secondary N) is 2. The first-order valence-corrected chi connectivity index (χ1v) is 25.0. The molecule has 5 aromatic rings. The van der Waals surface area contributed by atoms with Gasteiger partial charge in [0.25, 0.3) is 25.8 Å². The molecule has 1 aliphatic heterocycles. The Morgan fingerprint density at radius 2 is 1.55 bits per heavy atom. The molecular weight excluding hydrogens is 909 g/mol. The van der Waals surface area contributed by atoms with E-state index in [4.69, 9.17) is 11.6 Å². The van der Waals surface area contributed by atoms with Crippen LogP contribution in [0, 0.1) is 5.92 Å². The lowest BCUT2D eigenvalue weighted by molar-refractivity contribution is -0.0435. The second kappa shape index (κ2) is 21.6. The van der Waals surface area contributed by atoms with Crippen LogP contribution < -0.4 is 14.9 Å². The zero-order chi connectivity index (χ0) is 46.1. The second-order valence-electron chi connectivity index (χ2n) is 15.4. The third-order valence-corrected chi connectivity index (χ3v) is 15.5. The third-order valence-electron chi connectivity index (χ3n) is 11.2. The Bertz CT molecular complexity index is 2560. The number of piperidine rings is 1. The molecule has 11 nitrogen and oxygen atoms in total. The molecule has 1 aliphatic rings. The molecule has 0 bridgehead atoms. The Kier molecular flexibility index (Phi) is 16.5. The van der Waals surface area contributed by atoms with Crippen LogP contribution in [0.25, 0.3) is 11.1 Å². The molecule has 0 saturated carbocycles. The van der Waals surface area contributed by atoms with Gasteiger partial charge in [-0.05, 0) is 115 Å². The van der Waals surface area contributed by atoms with Crippen molar-refractivity contribution < 1.29 is 45.0 Å². The zero-order valence-electron chi connectivity index (χ0n) is 34.9. The number of hydrogen-bond donors (Lipinski definition) is 4. The van der Waals surface area contributed by atoms with E-state index in [9.17, 15) is 45.0 Å². The first-order chi connectivity index (χ1) is 30.5. The van der Waals surface area contributed by atoms with Crippen molar-refractivity contribution >= 4 is 60.5 Å². The first-order valence-electron chi connectivity index (χ1n) is 20.7. The number of halogens is 4. The standard InChI is InChI=1S/C46H50ClF3N4O7S3/c1-2-53(28-29-55)25-24-36(31-62-38-8-4-3-5-9-38)51-42-21-20-39(30-43(42)63(58,59)46(48,49)50)64(60,61)52-45(57)34-14-18-37(19-15-34)54-26-22-33(23-27-54)44(56)41-11-7-6-10-40(41)32-12-16-35(47)17-13-32/h3-21,30,33,36,44,51,55-56H,2,22-29,31H2,1H3,(H,52,57)/t36-,44+/m0/s1. The fraction of sp³-hybridized carbons (Fsp3) is 0.326. The van der Waals surface area contributed by atoms with Crippen molar-refractivity contribution in [2.24, 2.45) is 5.92 Å². The molecule has 4 N–H and O–H groups in total. The minimum absolute atomic E-state index is 0.0225. The molecular formula is C46H50ClF3N4O7S3. The average Bonchev–Trinajstić information content (AvgIpc) is 3.29. The number of hydrogen-bond acceptors (Lipinski definition) is 11. The van der Waals surface area contributed by atoms with Crippen LogP contribution in [0.3, 0.4) is 0 Å². The molecule has 0 aromatic heterocycles. The van der Waals surface area contributed by atoms with Crippen molar-refractivity contribution in [3.05, 3.63) is 137 Å². The number of alkyl halides is 3. The topological polar surface area (TPSA) is 156 Å². The SMILES string of the molecule is CCN(CCO)CC[C@@H](CSc1ccccc1)Nc1ccc(S(=O)(=O)NC(=O)c2ccc(N3CCC([C@@H](O)c4ccccc4-c4ccc(Cl)cc4)CC3)cc2)cc1S(=O)(=O)C(F)(F)F. The Balaban J connectivity index is 1.14. The number of aliphatic hydroxyl groups excluding tert-OH is 2. The number of likely N-dealkylation sites (N-methyl/N-ethyl adjacent to an activating group) is 1. The van der Waals surface area contributed by atoms with Gasteiger partial charge < -0.3 is 25.3 Å². The maximum Gasteiger partial charge on any atom is 0.501 e. The van der Waals surface area contributed by atoms with E-state index in [1.807, 2.05) is 95.4 Å². The summed E-state index contributed by atoms with van der Waals surface area (Å²) in [4.78, 5) is 16.0. The average molecular weight is 960 g/mol. The quantitative estimate of drug-likeness (QED) is 0.0588. The van der Waals surface area contributed by atoms with Crippen LogP contribution in [0.15, 0.2) is 136 Å². The monoisotopic (exact) mass is 958 g/mol. The highest BCUT2D eigenvalue weighted by atomic mass is 35.5. The smallest absolute Gasteiger partial charge is 0.395 e. The van der Waals surface area contributed by atoms with Gasteiger partial charge in [-0.3, -0.25) is 4.79 Å². The van der Waals surface area contributed by atoms with Crippen LogP contribution in [-0.4, -0.2) is 94.5 Å². The number of nitrogens with zero attached hydrogens (tertiary/aromatic N) is 2. The van der Waals surface area contributed by atoms with Gasteiger partial charge >= 0.3 is 5.51 Å². The molecule has 6 rings (SSSR count). The van der Waals surface area contributed by atoms with E-state index in [1.54, 1.807) is 12.1 Å². The molecule has 64 heavy (non-hydrogen) atoms. The Morgan fingerprint density at radius 3 is 2.19 bits per heavy atom. The van der Waals surface area contributed by atoms with Crippen molar-refractivity contribution in [3.8, 4) is 11.1 Å². The van der Waals surface area contributed by atoms with Gasteiger partial charge in [-0.25, -0.2) is 21.6 Å². The Hall–Kier alpha value is -4.62. The fourth-order valence-corrected chi connectivity index (χ4v) is 10.8. The zero-order valence-corrected chi connectivity index (χ0v) is 38.1. The van der Waals surface area contributed by atoms with Gasteiger partial charge in [0.2, 0.25) is 0 Å². The molecule has 1 fully saturated rings. The number of sulfonamides is 1. The number of carbonyl (C=O) groups excluding carboxylic acids is 1.